The van der Waals surface area contributed by atoms with Gasteiger partial charge in [-0.1, -0.05) is 19.9 Å². The summed E-state index contributed by atoms with van der Waals surface area (Å²) in [5.41, 5.74) is -1.66. The quantitative estimate of drug-likeness (QED) is 0.348. The molecule has 0 aromatic heterocycles. The maximum Gasteiger partial charge on any atom is 0.330 e. The molecule has 1 saturated carbocycles. The first-order chi connectivity index (χ1) is 12.4. The van der Waals surface area contributed by atoms with Crippen LogP contribution in [0.25, 0.3) is 0 Å². The molecule has 0 spiro atoms. The molecule has 1 aliphatic carbocycles. The molecule has 1 N–H and O–H groups in total. The van der Waals surface area contributed by atoms with Crippen LogP contribution in [0, 0.1) is 40.5 Å². The van der Waals surface area contributed by atoms with Crippen molar-refractivity contribution in [1.29, 1.82) is 0 Å². The van der Waals surface area contributed by atoms with E-state index < -0.39 is 70.4 Å². The Morgan fingerprint density at radius 1 is 1.11 bits per heavy atom. The summed E-state index contributed by atoms with van der Waals surface area (Å²) in [7, 11) is 0.849. The van der Waals surface area contributed by atoms with Crippen molar-refractivity contribution in [1.82, 2.24) is 0 Å². The number of hydrogen-bond acceptors (Lipinski definition) is 4. The molecule has 27 heavy (non-hydrogen) atoms. The first-order valence-corrected chi connectivity index (χ1v) is 7.92. The molecule has 0 bridgehead atoms. The molecule has 2 atom stereocenters. The normalized spacial score (nSPS) is 21.0. The highest BCUT2D eigenvalue weighted by molar-refractivity contribution is 5.86. The van der Waals surface area contributed by atoms with Crippen molar-refractivity contribution >= 4 is 11.9 Å². The largest absolute Gasteiger partial charge is 0.491 e. The lowest BCUT2D eigenvalue weighted by atomic mass is 10.1. The minimum absolute atomic E-state index is 0.0414. The summed E-state index contributed by atoms with van der Waals surface area (Å²) in [5, 5.41) is 8.91. The van der Waals surface area contributed by atoms with Crippen LogP contribution in [0.1, 0.15) is 26.3 Å². The van der Waals surface area contributed by atoms with Gasteiger partial charge >= 0.3 is 11.9 Å². The Kier molecular flexibility index (Phi) is 5.53. The number of aliphatic carboxylic acids is 1. The SMILES string of the molecule is COc1c(F)c(F)c(COC(=O)C2C(/C=C(\C)C(=O)O)C2(C)C)c(F)c1F. The summed E-state index contributed by atoms with van der Waals surface area (Å²) in [5.74, 6) is -11.3. The van der Waals surface area contributed by atoms with Gasteiger partial charge in [-0.15, -0.1) is 0 Å². The first-order valence-electron chi connectivity index (χ1n) is 7.92. The number of benzene rings is 1. The highest BCUT2D eigenvalue weighted by atomic mass is 19.2. The third-order valence-corrected chi connectivity index (χ3v) is 4.81. The number of carboxylic acid groups (broad SMARTS) is 1. The highest BCUT2D eigenvalue weighted by Gasteiger charge is 2.61. The number of halogens is 4. The van der Waals surface area contributed by atoms with E-state index in [0.717, 1.165) is 7.11 Å². The summed E-state index contributed by atoms with van der Waals surface area (Å²) in [6, 6.07) is 0. The van der Waals surface area contributed by atoms with Gasteiger partial charge in [0.2, 0.25) is 11.6 Å². The average molecular weight is 390 g/mol. The predicted molar refractivity (Wildman–Crippen MR) is 84.8 cm³/mol. The molecule has 1 aromatic carbocycles. The summed E-state index contributed by atoms with van der Waals surface area (Å²) < 4.78 is 64.3. The lowest BCUT2D eigenvalue weighted by molar-refractivity contribution is -0.147. The van der Waals surface area contributed by atoms with Gasteiger partial charge in [0.25, 0.3) is 0 Å². The third-order valence-electron chi connectivity index (χ3n) is 4.81. The van der Waals surface area contributed by atoms with Gasteiger partial charge in [-0.3, -0.25) is 4.79 Å². The number of hydrogen-bond donors (Lipinski definition) is 1. The molecular weight excluding hydrogens is 372 g/mol. The number of carbonyl (C=O) groups excluding carboxylic acids is 1. The van der Waals surface area contributed by atoms with Gasteiger partial charge < -0.3 is 14.6 Å². The minimum atomic E-state index is -1.73. The zero-order valence-electron chi connectivity index (χ0n) is 15.0. The van der Waals surface area contributed by atoms with E-state index in [1.807, 2.05) is 0 Å². The second kappa shape index (κ2) is 7.21. The van der Waals surface area contributed by atoms with Gasteiger partial charge in [0.05, 0.1) is 18.6 Å². The maximum atomic E-state index is 13.9. The molecule has 2 unspecified atom stereocenters. The molecule has 0 saturated heterocycles. The Labute approximate surface area is 152 Å². The third kappa shape index (κ3) is 3.63. The van der Waals surface area contributed by atoms with Crippen molar-refractivity contribution in [2.45, 2.75) is 27.4 Å². The summed E-state index contributed by atoms with van der Waals surface area (Å²) in [6.07, 6.45) is 1.40. The van der Waals surface area contributed by atoms with E-state index in [1.165, 1.54) is 13.0 Å². The fourth-order valence-electron chi connectivity index (χ4n) is 2.98. The Morgan fingerprint density at radius 3 is 2.07 bits per heavy atom. The summed E-state index contributed by atoms with van der Waals surface area (Å²) >= 11 is 0. The second-order valence-corrected chi connectivity index (χ2v) is 6.86. The molecule has 0 radical (unpaired) electrons. The molecule has 0 heterocycles. The van der Waals surface area contributed by atoms with Crippen molar-refractivity contribution in [3.63, 3.8) is 0 Å². The van der Waals surface area contributed by atoms with E-state index in [2.05, 4.69) is 4.74 Å². The first kappa shape index (κ1) is 20.7. The molecule has 148 valence electrons. The Hall–Kier alpha value is -2.58. The second-order valence-electron chi connectivity index (χ2n) is 6.86. The van der Waals surface area contributed by atoms with Crippen LogP contribution in [-0.2, 0) is 20.9 Å². The summed E-state index contributed by atoms with van der Waals surface area (Å²) in [4.78, 5) is 23.1. The van der Waals surface area contributed by atoms with Crippen molar-refractivity contribution in [2.24, 2.45) is 17.3 Å². The number of methoxy groups -OCH3 is 1. The van der Waals surface area contributed by atoms with Crippen LogP contribution in [0.3, 0.4) is 0 Å². The standard InChI is InChI=1S/C18H18F4O5/c1-7(16(23)24)5-9-10(18(9,2)3)17(25)27-6-8-11(19)13(21)15(26-4)14(22)12(8)20/h5,9-10H,6H2,1-4H3,(H,23,24)/b7-5+. The zero-order valence-corrected chi connectivity index (χ0v) is 15.0. The van der Waals surface area contributed by atoms with Gasteiger partial charge in [0, 0.05) is 5.57 Å². The molecule has 1 fully saturated rings. The Balaban J connectivity index is 2.18. The Morgan fingerprint density at radius 2 is 1.63 bits per heavy atom. The van der Waals surface area contributed by atoms with Gasteiger partial charge in [0.1, 0.15) is 6.61 Å². The molecular formula is C18H18F4O5. The fourth-order valence-corrected chi connectivity index (χ4v) is 2.98. The van der Waals surface area contributed by atoms with Crippen molar-refractivity contribution in [3.8, 4) is 5.75 Å². The lowest BCUT2D eigenvalue weighted by Crippen LogP contribution is -2.14. The van der Waals surface area contributed by atoms with E-state index >= 15 is 0 Å². The van der Waals surface area contributed by atoms with Crippen molar-refractivity contribution < 1.29 is 41.7 Å². The van der Waals surface area contributed by atoms with Gasteiger partial charge in [-0.25, -0.2) is 13.6 Å². The van der Waals surface area contributed by atoms with E-state index in [9.17, 15) is 27.2 Å². The van der Waals surface area contributed by atoms with Gasteiger partial charge in [-0.05, 0) is 18.3 Å². The van der Waals surface area contributed by atoms with Crippen LogP contribution < -0.4 is 4.74 Å². The zero-order chi connectivity index (χ0) is 20.7. The van der Waals surface area contributed by atoms with Crippen LogP contribution in [0.2, 0.25) is 0 Å². The van der Waals surface area contributed by atoms with Crippen LogP contribution in [0.4, 0.5) is 17.6 Å². The molecule has 9 heteroatoms. The molecule has 1 aliphatic rings. The molecule has 2 rings (SSSR count). The van der Waals surface area contributed by atoms with E-state index in [4.69, 9.17) is 9.84 Å². The average Bonchev–Trinajstić information content (AvgIpc) is 3.13. The van der Waals surface area contributed by atoms with Gasteiger partial charge in [0.15, 0.2) is 17.4 Å². The molecule has 5 nitrogen and oxygen atoms in total. The topological polar surface area (TPSA) is 72.8 Å². The van der Waals surface area contributed by atoms with Crippen LogP contribution >= 0.6 is 0 Å². The van der Waals surface area contributed by atoms with E-state index in [1.54, 1.807) is 13.8 Å². The van der Waals surface area contributed by atoms with Crippen LogP contribution in [-0.4, -0.2) is 24.2 Å². The number of carbonyl (C=O) groups is 2. The number of carboxylic acids is 1. The van der Waals surface area contributed by atoms with Crippen molar-refractivity contribution in [2.75, 3.05) is 7.11 Å². The molecule has 0 amide bonds. The van der Waals surface area contributed by atoms with Crippen molar-refractivity contribution in [3.05, 3.63) is 40.5 Å². The molecule has 1 aromatic rings. The smallest absolute Gasteiger partial charge is 0.330 e. The van der Waals surface area contributed by atoms with E-state index in [-0.39, 0.29) is 5.57 Å². The maximum absolute atomic E-state index is 13.9. The van der Waals surface area contributed by atoms with E-state index in [0.29, 0.717) is 0 Å². The number of rotatable bonds is 6. The lowest BCUT2D eigenvalue weighted by Gasteiger charge is -2.11. The Bertz CT molecular complexity index is 803. The van der Waals surface area contributed by atoms with Crippen LogP contribution in [0.5, 0.6) is 5.75 Å². The fraction of sp³-hybridized carbons (Fsp3) is 0.444. The highest BCUT2D eigenvalue weighted by Crippen LogP contribution is 2.59. The number of esters is 1. The number of allylic oxidation sites excluding steroid dienone is 1. The predicted octanol–water partition coefficient (Wildman–Crippen LogP) is 3.60. The molecule has 0 aliphatic heterocycles. The van der Waals surface area contributed by atoms with Gasteiger partial charge in [-0.2, -0.15) is 8.78 Å². The van der Waals surface area contributed by atoms with Crippen LogP contribution in [0.15, 0.2) is 11.6 Å². The monoisotopic (exact) mass is 390 g/mol. The summed E-state index contributed by atoms with van der Waals surface area (Å²) in [6.45, 7) is 3.74. The number of ether oxygens (including phenoxy) is 2. The minimum Gasteiger partial charge on any atom is -0.491 e.